The Bertz CT molecular complexity index is 445. The smallest absolute Gasteiger partial charge is 0.305 e. The first-order chi connectivity index (χ1) is 9.51. The number of carbonyl (C=O) groups excluding carboxylic acids is 2. The molecule has 20 heavy (non-hydrogen) atoms. The van der Waals surface area contributed by atoms with Crippen molar-refractivity contribution in [2.45, 2.75) is 25.3 Å². The normalized spacial score (nSPS) is 11.7. The quantitative estimate of drug-likeness (QED) is 0.669. The van der Waals surface area contributed by atoms with Gasteiger partial charge in [-0.2, -0.15) is 0 Å². The Labute approximate surface area is 118 Å². The van der Waals surface area contributed by atoms with Crippen molar-refractivity contribution in [3.8, 4) is 5.75 Å². The largest absolute Gasteiger partial charge is 0.484 e. The third-order valence-corrected chi connectivity index (χ3v) is 2.75. The van der Waals surface area contributed by atoms with Crippen LogP contribution in [0.2, 0.25) is 0 Å². The molecule has 110 valence electrons. The lowest BCUT2D eigenvalue weighted by Gasteiger charge is -2.11. The second-order valence-corrected chi connectivity index (χ2v) is 4.48. The number of rotatable bonds is 8. The number of hydrogen-bond donors (Lipinski definition) is 2. The van der Waals surface area contributed by atoms with E-state index in [9.17, 15) is 9.59 Å². The number of benzene rings is 1. The number of ether oxygens (including phenoxy) is 2. The van der Waals surface area contributed by atoms with Crippen LogP contribution in [0.15, 0.2) is 24.3 Å². The maximum atomic E-state index is 11.0. The fraction of sp³-hybridized carbons (Fsp3) is 0.429. The van der Waals surface area contributed by atoms with Gasteiger partial charge in [-0.15, -0.1) is 0 Å². The van der Waals surface area contributed by atoms with Gasteiger partial charge in [-0.25, -0.2) is 0 Å². The molecule has 0 saturated carbocycles. The monoisotopic (exact) mass is 280 g/mol. The molecule has 6 heteroatoms. The van der Waals surface area contributed by atoms with E-state index in [1.807, 2.05) is 12.1 Å². The summed E-state index contributed by atoms with van der Waals surface area (Å²) in [7, 11) is 1.36. The average molecular weight is 280 g/mol. The molecule has 0 spiro atoms. The molecule has 1 amide bonds. The Morgan fingerprint density at radius 1 is 1.25 bits per heavy atom. The van der Waals surface area contributed by atoms with Crippen LogP contribution >= 0.6 is 0 Å². The van der Waals surface area contributed by atoms with Gasteiger partial charge in [0.15, 0.2) is 6.61 Å². The van der Waals surface area contributed by atoms with Crippen LogP contribution in [0.5, 0.6) is 5.75 Å². The molecule has 0 aliphatic heterocycles. The lowest BCUT2D eigenvalue weighted by atomic mass is 10.0. The van der Waals surface area contributed by atoms with Crippen molar-refractivity contribution in [1.29, 1.82) is 0 Å². The molecule has 6 nitrogen and oxygen atoms in total. The molecule has 1 atom stereocenters. The summed E-state index contributed by atoms with van der Waals surface area (Å²) in [6, 6.07) is 7.14. The minimum atomic E-state index is -0.515. The summed E-state index contributed by atoms with van der Waals surface area (Å²) in [5.41, 5.74) is 12.0. The molecule has 1 rings (SSSR count). The van der Waals surface area contributed by atoms with E-state index in [-0.39, 0.29) is 18.6 Å². The van der Waals surface area contributed by atoms with Crippen LogP contribution in [-0.2, 0) is 20.7 Å². The van der Waals surface area contributed by atoms with E-state index in [0.29, 0.717) is 25.0 Å². The molecule has 0 aliphatic carbocycles. The molecule has 1 unspecified atom stereocenters. The predicted octanol–water partition coefficient (Wildman–Crippen LogP) is 0.374. The topological polar surface area (TPSA) is 105 Å². The van der Waals surface area contributed by atoms with Gasteiger partial charge in [-0.3, -0.25) is 9.59 Å². The van der Waals surface area contributed by atoms with Crippen LogP contribution in [0.25, 0.3) is 0 Å². The number of methoxy groups -OCH3 is 1. The highest BCUT2D eigenvalue weighted by Crippen LogP contribution is 2.14. The van der Waals surface area contributed by atoms with Gasteiger partial charge in [0.1, 0.15) is 5.75 Å². The molecule has 4 N–H and O–H groups in total. The van der Waals surface area contributed by atoms with E-state index < -0.39 is 5.91 Å². The summed E-state index contributed by atoms with van der Waals surface area (Å²) in [5, 5.41) is 0. The first kappa shape index (κ1) is 16.0. The molecule has 0 aliphatic rings. The molecular weight excluding hydrogens is 260 g/mol. The van der Waals surface area contributed by atoms with Crippen molar-refractivity contribution in [2.24, 2.45) is 11.5 Å². The fourth-order valence-electron chi connectivity index (χ4n) is 1.69. The van der Waals surface area contributed by atoms with E-state index in [1.54, 1.807) is 12.1 Å². The Balaban J connectivity index is 2.40. The SMILES string of the molecule is COC(=O)CCC(N)Cc1ccc(OCC(N)=O)cc1. The molecule has 1 aromatic rings. The van der Waals surface area contributed by atoms with Crippen molar-refractivity contribution in [3.63, 3.8) is 0 Å². The van der Waals surface area contributed by atoms with Gasteiger partial charge < -0.3 is 20.9 Å². The Hall–Kier alpha value is -2.08. The number of esters is 1. The van der Waals surface area contributed by atoms with Gasteiger partial charge in [0.05, 0.1) is 7.11 Å². The fourth-order valence-corrected chi connectivity index (χ4v) is 1.69. The van der Waals surface area contributed by atoms with Crippen molar-refractivity contribution in [3.05, 3.63) is 29.8 Å². The standard InChI is InChI=1S/C14H20N2O4/c1-19-14(18)7-4-11(15)8-10-2-5-12(6-3-10)20-9-13(16)17/h2-3,5-6,11H,4,7-9,15H2,1H3,(H2,16,17). The van der Waals surface area contributed by atoms with Crippen molar-refractivity contribution < 1.29 is 19.1 Å². The van der Waals surface area contributed by atoms with E-state index in [0.717, 1.165) is 5.56 Å². The highest BCUT2D eigenvalue weighted by Gasteiger charge is 2.08. The first-order valence-electron chi connectivity index (χ1n) is 6.33. The van der Waals surface area contributed by atoms with Crippen molar-refractivity contribution in [2.75, 3.05) is 13.7 Å². The van der Waals surface area contributed by atoms with Crippen LogP contribution in [0.1, 0.15) is 18.4 Å². The second-order valence-electron chi connectivity index (χ2n) is 4.48. The molecule has 0 aromatic heterocycles. The number of primary amides is 1. The van der Waals surface area contributed by atoms with Crippen LogP contribution in [0.4, 0.5) is 0 Å². The first-order valence-corrected chi connectivity index (χ1v) is 6.33. The third kappa shape index (κ3) is 6.19. The van der Waals surface area contributed by atoms with Gasteiger partial charge in [-0.1, -0.05) is 12.1 Å². The molecule has 1 aromatic carbocycles. The van der Waals surface area contributed by atoms with Crippen LogP contribution in [-0.4, -0.2) is 31.6 Å². The predicted molar refractivity (Wildman–Crippen MR) is 74.1 cm³/mol. The van der Waals surface area contributed by atoms with E-state index in [4.69, 9.17) is 16.2 Å². The second kappa shape index (κ2) is 8.16. The Morgan fingerprint density at radius 3 is 2.45 bits per heavy atom. The average Bonchev–Trinajstić information content (AvgIpc) is 2.44. The van der Waals surface area contributed by atoms with Gasteiger partial charge in [0.25, 0.3) is 5.91 Å². The van der Waals surface area contributed by atoms with E-state index in [2.05, 4.69) is 4.74 Å². The summed E-state index contributed by atoms with van der Waals surface area (Å²) in [5.74, 6) is -0.190. The zero-order valence-corrected chi connectivity index (χ0v) is 11.5. The van der Waals surface area contributed by atoms with Gasteiger partial charge in [-0.05, 0) is 30.5 Å². The van der Waals surface area contributed by atoms with E-state index in [1.165, 1.54) is 7.11 Å². The zero-order chi connectivity index (χ0) is 15.0. The molecule has 0 bridgehead atoms. The summed E-state index contributed by atoms with van der Waals surface area (Å²) < 4.78 is 9.72. The lowest BCUT2D eigenvalue weighted by molar-refractivity contribution is -0.140. The highest BCUT2D eigenvalue weighted by atomic mass is 16.5. The maximum Gasteiger partial charge on any atom is 0.305 e. The zero-order valence-electron chi connectivity index (χ0n) is 11.5. The molecule has 0 radical (unpaired) electrons. The minimum Gasteiger partial charge on any atom is -0.484 e. The lowest BCUT2D eigenvalue weighted by Crippen LogP contribution is -2.24. The molecule has 0 heterocycles. The van der Waals surface area contributed by atoms with Crippen molar-refractivity contribution in [1.82, 2.24) is 0 Å². The van der Waals surface area contributed by atoms with Crippen LogP contribution in [0, 0.1) is 0 Å². The summed E-state index contributed by atoms with van der Waals surface area (Å²) in [4.78, 5) is 21.6. The molecule has 0 fully saturated rings. The van der Waals surface area contributed by atoms with Crippen LogP contribution < -0.4 is 16.2 Å². The van der Waals surface area contributed by atoms with E-state index >= 15 is 0 Å². The Kier molecular flexibility index (Phi) is 6.52. The number of nitrogens with two attached hydrogens (primary N) is 2. The number of carbonyl (C=O) groups is 2. The van der Waals surface area contributed by atoms with Crippen molar-refractivity contribution >= 4 is 11.9 Å². The Morgan fingerprint density at radius 2 is 1.90 bits per heavy atom. The summed E-state index contributed by atoms with van der Waals surface area (Å²) in [6.07, 6.45) is 1.55. The van der Waals surface area contributed by atoms with Crippen LogP contribution in [0.3, 0.4) is 0 Å². The summed E-state index contributed by atoms with van der Waals surface area (Å²) in [6.45, 7) is -0.141. The maximum absolute atomic E-state index is 11.0. The van der Waals surface area contributed by atoms with Gasteiger partial charge in [0, 0.05) is 12.5 Å². The number of amides is 1. The van der Waals surface area contributed by atoms with Gasteiger partial charge >= 0.3 is 5.97 Å². The van der Waals surface area contributed by atoms with Gasteiger partial charge in [0.2, 0.25) is 0 Å². The third-order valence-electron chi connectivity index (χ3n) is 2.75. The molecule has 0 saturated heterocycles. The molecular formula is C14H20N2O4. The summed E-state index contributed by atoms with van der Waals surface area (Å²) >= 11 is 0. The number of hydrogen-bond acceptors (Lipinski definition) is 5. The minimum absolute atomic E-state index is 0.105. The highest BCUT2D eigenvalue weighted by molar-refractivity contribution is 5.75.